The molecule has 0 unspecified atom stereocenters. The van der Waals surface area contributed by atoms with Crippen LogP contribution in [-0.4, -0.2) is 5.97 Å². The van der Waals surface area contributed by atoms with E-state index >= 15 is 0 Å². The van der Waals surface area contributed by atoms with Crippen LogP contribution in [0.2, 0.25) is 0 Å². The molecule has 0 bridgehead atoms. The molecule has 0 atom stereocenters. The standard InChI is InChI=1S/C24H17FO3/c25-21-10-8-19(9-11-21)23-15-20(24(26)28-23)14-17-6-12-22(13-7-17)27-16-18-4-2-1-3-5-18/h1-15H,16H2/b20-14+. The van der Waals surface area contributed by atoms with Crippen LogP contribution in [0, 0.1) is 5.82 Å². The molecule has 3 aromatic carbocycles. The monoisotopic (exact) mass is 372 g/mol. The first kappa shape index (κ1) is 17.7. The number of esters is 1. The van der Waals surface area contributed by atoms with Crippen molar-refractivity contribution in [3.8, 4) is 5.75 Å². The van der Waals surface area contributed by atoms with E-state index in [1.807, 2.05) is 54.6 Å². The van der Waals surface area contributed by atoms with Crippen molar-refractivity contribution in [2.75, 3.05) is 0 Å². The molecule has 28 heavy (non-hydrogen) atoms. The average molecular weight is 372 g/mol. The van der Waals surface area contributed by atoms with Gasteiger partial charge in [-0.25, -0.2) is 9.18 Å². The van der Waals surface area contributed by atoms with Gasteiger partial charge < -0.3 is 9.47 Å². The molecule has 0 fully saturated rings. The molecule has 138 valence electrons. The van der Waals surface area contributed by atoms with Gasteiger partial charge in [-0.1, -0.05) is 42.5 Å². The number of rotatable bonds is 5. The Morgan fingerprint density at radius 1 is 0.893 bits per heavy atom. The lowest BCUT2D eigenvalue weighted by Gasteiger charge is -2.06. The van der Waals surface area contributed by atoms with Gasteiger partial charge in [0.2, 0.25) is 0 Å². The lowest BCUT2D eigenvalue weighted by molar-refractivity contribution is -0.130. The third kappa shape index (κ3) is 4.18. The summed E-state index contributed by atoms with van der Waals surface area (Å²) in [5.41, 5.74) is 3.05. The SMILES string of the molecule is O=C1OC(c2ccc(F)cc2)=C/C1=C\c1ccc(OCc2ccccc2)cc1. The van der Waals surface area contributed by atoms with E-state index in [0.717, 1.165) is 16.9 Å². The molecule has 4 rings (SSSR count). The highest BCUT2D eigenvalue weighted by atomic mass is 19.1. The molecule has 0 spiro atoms. The number of hydrogen-bond donors (Lipinski definition) is 0. The topological polar surface area (TPSA) is 35.5 Å². The van der Waals surface area contributed by atoms with Gasteiger partial charge in [-0.2, -0.15) is 0 Å². The molecule has 3 aromatic rings. The van der Waals surface area contributed by atoms with Crippen molar-refractivity contribution in [2.45, 2.75) is 6.61 Å². The van der Waals surface area contributed by atoms with E-state index in [4.69, 9.17) is 9.47 Å². The molecule has 0 N–H and O–H groups in total. The second-order valence-corrected chi connectivity index (χ2v) is 6.35. The third-order valence-electron chi connectivity index (χ3n) is 4.30. The first-order valence-corrected chi connectivity index (χ1v) is 8.86. The van der Waals surface area contributed by atoms with Crippen LogP contribution < -0.4 is 4.74 Å². The van der Waals surface area contributed by atoms with Crippen LogP contribution >= 0.6 is 0 Å². The molecular weight excluding hydrogens is 355 g/mol. The average Bonchev–Trinajstić information content (AvgIpc) is 3.09. The molecule has 0 amide bonds. The Balaban J connectivity index is 1.46. The van der Waals surface area contributed by atoms with Crippen molar-refractivity contribution in [1.82, 2.24) is 0 Å². The Hall–Kier alpha value is -3.66. The number of carbonyl (C=O) groups is 1. The second kappa shape index (κ2) is 7.92. The van der Waals surface area contributed by atoms with Gasteiger partial charge in [0.05, 0.1) is 5.57 Å². The van der Waals surface area contributed by atoms with Crippen molar-refractivity contribution < 1.29 is 18.7 Å². The van der Waals surface area contributed by atoms with E-state index in [2.05, 4.69) is 0 Å². The fraction of sp³-hybridized carbons (Fsp3) is 0.0417. The van der Waals surface area contributed by atoms with Gasteiger partial charge in [-0.3, -0.25) is 0 Å². The highest BCUT2D eigenvalue weighted by molar-refractivity contribution is 6.05. The Morgan fingerprint density at radius 2 is 1.61 bits per heavy atom. The molecule has 1 aliphatic heterocycles. The van der Waals surface area contributed by atoms with Crippen LogP contribution in [0.5, 0.6) is 5.75 Å². The summed E-state index contributed by atoms with van der Waals surface area (Å²) >= 11 is 0. The van der Waals surface area contributed by atoms with E-state index in [1.165, 1.54) is 12.1 Å². The number of hydrogen-bond acceptors (Lipinski definition) is 3. The van der Waals surface area contributed by atoms with Crippen LogP contribution in [0.3, 0.4) is 0 Å². The minimum atomic E-state index is -0.427. The van der Waals surface area contributed by atoms with Gasteiger partial charge in [-0.05, 0) is 59.7 Å². The Labute approximate surface area is 162 Å². The maximum atomic E-state index is 13.0. The maximum Gasteiger partial charge on any atom is 0.343 e. The zero-order valence-corrected chi connectivity index (χ0v) is 15.0. The first-order valence-electron chi connectivity index (χ1n) is 8.86. The smallest absolute Gasteiger partial charge is 0.343 e. The summed E-state index contributed by atoms with van der Waals surface area (Å²) in [6.07, 6.45) is 3.41. The molecule has 0 aromatic heterocycles. The molecule has 3 nitrogen and oxygen atoms in total. The fourth-order valence-electron chi connectivity index (χ4n) is 2.83. The molecule has 0 aliphatic carbocycles. The van der Waals surface area contributed by atoms with Crippen LogP contribution in [-0.2, 0) is 16.1 Å². The molecule has 0 saturated heterocycles. The molecule has 0 saturated carbocycles. The van der Waals surface area contributed by atoms with Gasteiger partial charge in [0.1, 0.15) is 23.9 Å². The van der Waals surface area contributed by atoms with Gasteiger partial charge >= 0.3 is 5.97 Å². The number of ether oxygens (including phenoxy) is 2. The molecular formula is C24H17FO3. The first-order chi connectivity index (χ1) is 13.7. The maximum absolute atomic E-state index is 13.0. The van der Waals surface area contributed by atoms with Crippen LogP contribution in [0.1, 0.15) is 16.7 Å². The van der Waals surface area contributed by atoms with Crippen molar-refractivity contribution in [1.29, 1.82) is 0 Å². The van der Waals surface area contributed by atoms with E-state index < -0.39 is 5.97 Å². The molecule has 4 heteroatoms. The molecule has 1 aliphatic rings. The highest BCUT2D eigenvalue weighted by Gasteiger charge is 2.21. The summed E-state index contributed by atoms with van der Waals surface area (Å²) in [5.74, 6) is 0.407. The molecule has 1 heterocycles. The van der Waals surface area contributed by atoms with Crippen LogP contribution in [0.15, 0.2) is 90.5 Å². The van der Waals surface area contributed by atoms with Crippen molar-refractivity contribution >= 4 is 17.8 Å². The highest BCUT2D eigenvalue weighted by Crippen LogP contribution is 2.28. The van der Waals surface area contributed by atoms with E-state index in [1.54, 1.807) is 24.3 Å². The lowest BCUT2D eigenvalue weighted by Crippen LogP contribution is -1.97. The normalized spacial score (nSPS) is 14.7. The number of halogens is 1. The summed E-state index contributed by atoms with van der Waals surface area (Å²) in [6, 6.07) is 23.2. The largest absolute Gasteiger partial charge is 0.489 e. The summed E-state index contributed by atoms with van der Waals surface area (Å²) in [4.78, 5) is 12.1. The predicted octanol–water partition coefficient (Wildman–Crippen LogP) is 5.39. The number of cyclic esters (lactones) is 1. The minimum Gasteiger partial charge on any atom is -0.489 e. The summed E-state index contributed by atoms with van der Waals surface area (Å²) in [7, 11) is 0. The van der Waals surface area contributed by atoms with Crippen molar-refractivity contribution in [2.24, 2.45) is 0 Å². The van der Waals surface area contributed by atoms with Crippen LogP contribution in [0.4, 0.5) is 4.39 Å². The van der Waals surface area contributed by atoms with Gasteiger partial charge in [0, 0.05) is 5.56 Å². The van der Waals surface area contributed by atoms with Crippen LogP contribution in [0.25, 0.3) is 11.8 Å². The third-order valence-corrected chi connectivity index (χ3v) is 4.30. The number of carbonyl (C=O) groups excluding carboxylic acids is 1. The van der Waals surface area contributed by atoms with E-state index in [0.29, 0.717) is 23.5 Å². The predicted molar refractivity (Wildman–Crippen MR) is 106 cm³/mol. The Kier molecular flexibility index (Phi) is 5.02. The summed E-state index contributed by atoms with van der Waals surface area (Å²) in [6.45, 7) is 0.497. The van der Waals surface area contributed by atoms with E-state index in [-0.39, 0.29) is 5.82 Å². The summed E-state index contributed by atoms with van der Waals surface area (Å²) < 4.78 is 24.1. The molecule has 0 radical (unpaired) electrons. The van der Waals surface area contributed by atoms with Gasteiger partial charge in [-0.15, -0.1) is 0 Å². The Bertz CT molecular complexity index is 1030. The van der Waals surface area contributed by atoms with Gasteiger partial charge in [0.15, 0.2) is 0 Å². The summed E-state index contributed by atoms with van der Waals surface area (Å²) in [5, 5.41) is 0. The zero-order chi connectivity index (χ0) is 19.3. The second-order valence-electron chi connectivity index (χ2n) is 6.35. The fourth-order valence-corrected chi connectivity index (χ4v) is 2.83. The van der Waals surface area contributed by atoms with Crippen molar-refractivity contribution in [3.63, 3.8) is 0 Å². The lowest BCUT2D eigenvalue weighted by atomic mass is 10.1. The van der Waals surface area contributed by atoms with Crippen molar-refractivity contribution in [3.05, 3.63) is 113 Å². The minimum absolute atomic E-state index is 0.334. The zero-order valence-electron chi connectivity index (χ0n) is 15.0. The van der Waals surface area contributed by atoms with E-state index in [9.17, 15) is 9.18 Å². The Morgan fingerprint density at radius 3 is 2.32 bits per heavy atom. The number of benzene rings is 3. The van der Waals surface area contributed by atoms with Gasteiger partial charge in [0.25, 0.3) is 0 Å². The quantitative estimate of drug-likeness (QED) is 0.445.